The van der Waals surface area contributed by atoms with E-state index in [0.717, 1.165) is 12.0 Å². The molecule has 1 nitrogen and oxygen atoms in total. The second kappa shape index (κ2) is 7.42. The van der Waals surface area contributed by atoms with E-state index in [9.17, 15) is 0 Å². The summed E-state index contributed by atoms with van der Waals surface area (Å²) in [5, 5.41) is 0.559. The first-order chi connectivity index (χ1) is 4.93. The first-order valence-corrected chi connectivity index (χ1v) is 5.07. The van der Waals surface area contributed by atoms with Gasteiger partial charge in [-0.15, -0.1) is 0 Å². The van der Waals surface area contributed by atoms with Gasteiger partial charge in [0.1, 0.15) is 0 Å². The Morgan fingerprint density at radius 1 is 1.10 bits per heavy atom. The van der Waals surface area contributed by atoms with Crippen LogP contribution in [0, 0.1) is 0 Å². The SMILES string of the molecule is CC.OSC1CCCCC1. The maximum Gasteiger partial charge on any atom is 0.0308 e. The van der Waals surface area contributed by atoms with E-state index in [1.165, 1.54) is 32.1 Å². The minimum absolute atomic E-state index is 0.559. The quantitative estimate of drug-likeness (QED) is 0.595. The lowest BCUT2D eigenvalue weighted by atomic mass is 10.0. The normalized spacial score (nSPS) is 19.5. The summed E-state index contributed by atoms with van der Waals surface area (Å²) in [7, 11) is 0. The van der Waals surface area contributed by atoms with Gasteiger partial charge in [0.05, 0.1) is 0 Å². The number of hydrogen-bond acceptors (Lipinski definition) is 2. The Bertz CT molecular complexity index is 60.3. The maximum atomic E-state index is 8.61. The third-order valence-corrected chi connectivity index (χ3v) is 2.47. The molecule has 2 heteroatoms. The molecule has 0 atom stereocenters. The Balaban J connectivity index is 0.000000371. The van der Waals surface area contributed by atoms with Crippen LogP contribution in [0.25, 0.3) is 0 Å². The second-order valence-electron chi connectivity index (χ2n) is 2.37. The van der Waals surface area contributed by atoms with Gasteiger partial charge in [0.15, 0.2) is 0 Å². The fourth-order valence-corrected chi connectivity index (χ4v) is 1.71. The molecule has 1 rings (SSSR count). The third kappa shape index (κ3) is 4.18. The molecule has 10 heavy (non-hydrogen) atoms. The van der Waals surface area contributed by atoms with Crippen LogP contribution in [0.5, 0.6) is 0 Å². The molecule has 0 saturated heterocycles. The fourth-order valence-electron chi connectivity index (χ4n) is 1.17. The van der Waals surface area contributed by atoms with Gasteiger partial charge in [-0.25, -0.2) is 0 Å². The van der Waals surface area contributed by atoms with E-state index in [4.69, 9.17) is 4.55 Å². The van der Waals surface area contributed by atoms with Crippen LogP contribution >= 0.6 is 12.0 Å². The van der Waals surface area contributed by atoms with E-state index in [1.54, 1.807) is 0 Å². The fraction of sp³-hybridized carbons (Fsp3) is 1.00. The minimum atomic E-state index is 0.559. The van der Waals surface area contributed by atoms with Gasteiger partial charge in [-0.1, -0.05) is 33.1 Å². The lowest BCUT2D eigenvalue weighted by Gasteiger charge is -2.16. The van der Waals surface area contributed by atoms with Crippen molar-refractivity contribution < 1.29 is 4.55 Å². The van der Waals surface area contributed by atoms with Crippen molar-refractivity contribution in [2.45, 2.75) is 51.2 Å². The van der Waals surface area contributed by atoms with Crippen molar-refractivity contribution >= 4 is 12.0 Å². The summed E-state index contributed by atoms with van der Waals surface area (Å²) < 4.78 is 8.61. The zero-order chi connectivity index (χ0) is 7.82. The van der Waals surface area contributed by atoms with Gasteiger partial charge in [0.2, 0.25) is 0 Å². The molecule has 0 aliphatic heterocycles. The third-order valence-electron chi connectivity index (χ3n) is 1.70. The van der Waals surface area contributed by atoms with Crippen molar-refractivity contribution in [2.75, 3.05) is 0 Å². The summed E-state index contributed by atoms with van der Waals surface area (Å²) in [6, 6.07) is 0. The first kappa shape index (κ1) is 10.3. The minimum Gasteiger partial charge on any atom is -0.330 e. The van der Waals surface area contributed by atoms with Crippen LogP contribution in [0.4, 0.5) is 0 Å². The molecule has 0 aromatic carbocycles. The molecular formula is C8H18OS. The summed E-state index contributed by atoms with van der Waals surface area (Å²) in [5.41, 5.74) is 0. The van der Waals surface area contributed by atoms with Crippen molar-refractivity contribution in [2.24, 2.45) is 0 Å². The van der Waals surface area contributed by atoms with Crippen LogP contribution < -0.4 is 0 Å². The molecular weight excluding hydrogens is 144 g/mol. The van der Waals surface area contributed by atoms with E-state index in [0.29, 0.717) is 5.25 Å². The maximum absolute atomic E-state index is 8.61. The van der Waals surface area contributed by atoms with Crippen LogP contribution in [0.15, 0.2) is 0 Å². The van der Waals surface area contributed by atoms with Crippen molar-refractivity contribution in [1.82, 2.24) is 0 Å². The van der Waals surface area contributed by atoms with Gasteiger partial charge in [-0.05, 0) is 24.9 Å². The largest absolute Gasteiger partial charge is 0.330 e. The van der Waals surface area contributed by atoms with Gasteiger partial charge < -0.3 is 4.55 Å². The summed E-state index contributed by atoms with van der Waals surface area (Å²) >= 11 is 1.05. The van der Waals surface area contributed by atoms with E-state index in [-0.39, 0.29) is 0 Å². The van der Waals surface area contributed by atoms with E-state index >= 15 is 0 Å². The second-order valence-corrected chi connectivity index (χ2v) is 3.24. The topological polar surface area (TPSA) is 20.2 Å². The lowest BCUT2D eigenvalue weighted by molar-refractivity contribution is 0.500. The molecule has 0 unspecified atom stereocenters. The molecule has 1 fully saturated rings. The van der Waals surface area contributed by atoms with Crippen molar-refractivity contribution in [3.05, 3.63) is 0 Å². The molecule has 62 valence electrons. The monoisotopic (exact) mass is 162 g/mol. The van der Waals surface area contributed by atoms with Gasteiger partial charge in [0, 0.05) is 5.25 Å². The predicted molar refractivity (Wildman–Crippen MR) is 48.4 cm³/mol. The molecule has 0 spiro atoms. The number of rotatable bonds is 1. The predicted octanol–water partition coefficient (Wildman–Crippen LogP) is 3.55. The van der Waals surface area contributed by atoms with E-state index in [1.807, 2.05) is 13.8 Å². The summed E-state index contributed by atoms with van der Waals surface area (Å²) in [4.78, 5) is 0. The Morgan fingerprint density at radius 3 is 1.90 bits per heavy atom. The molecule has 0 aromatic heterocycles. The zero-order valence-corrected chi connectivity index (χ0v) is 7.78. The van der Waals surface area contributed by atoms with Crippen LogP contribution in [0.1, 0.15) is 46.0 Å². The molecule has 1 N–H and O–H groups in total. The number of hydrogen-bond donors (Lipinski definition) is 1. The van der Waals surface area contributed by atoms with Crippen molar-refractivity contribution in [3.8, 4) is 0 Å². The highest BCUT2D eigenvalue weighted by atomic mass is 32.2. The molecule has 0 aromatic rings. The average molecular weight is 162 g/mol. The Kier molecular flexibility index (Phi) is 7.65. The highest BCUT2D eigenvalue weighted by Gasteiger charge is 2.11. The highest BCUT2D eigenvalue weighted by molar-refractivity contribution is 7.94. The molecule has 0 heterocycles. The van der Waals surface area contributed by atoms with Crippen LogP contribution in [0.3, 0.4) is 0 Å². The zero-order valence-electron chi connectivity index (χ0n) is 6.97. The molecule has 1 aliphatic rings. The highest BCUT2D eigenvalue weighted by Crippen LogP contribution is 2.25. The Labute approximate surface area is 68.4 Å². The van der Waals surface area contributed by atoms with Gasteiger partial charge in [0.25, 0.3) is 0 Å². The average Bonchev–Trinajstić information content (AvgIpc) is 2.10. The Morgan fingerprint density at radius 2 is 1.60 bits per heavy atom. The van der Waals surface area contributed by atoms with Crippen LogP contribution in [0.2, 0.25) is 0 Å². The lowest BCUT2D eigenvalue weighted by Crippen LogP contribution is -2.06. The van der Waals surface area contributed by atoms with Crippen LogP contribution in [-0.4, -0.2) is 9.80 Å². The van der Waals surface area contributed by atoms with Gasteiger partial charge in [-0.3, -0.25) is 0 Å². The molecule has 0 radical (unpaired) electrons. The standard InChI is InChI=1S/C6H12OS.C2H6/c7-8-6-4-2-1-3-5-6;1-2/h6-7H,1-5H2;1-2H3. The van der Waals surface area contributed by atoms with Gasteiger partial charge >= 0.3 is 0 Å². The van der Waals surface area contributed by atoms with Crippen molar-refractivity contribution in [1.29, 1.82) is 0 Å². The Hall–Kier alpha value is 0.310. The van der Waals surface area contributed by atoms with E-state index in [2.05, 4.69) is 0 Å². The molecule has 0 bridgehead atoms. The first-order valence-electron chi connectivity index (χ1n) is 4.23. The summed E-state index contributed by atoms with van der Waals surface area (Å²) in [6.45, 7) is 4.00. The van der Waals surface area contributed by atoms with Gasteiger partial charge in [-0.2, -0.15) is 0 Å². The van der Waals surface area contributed by atoms with Crippen molar-refractivity contribution in [3.63, 3.8) is 0 Å². The summed E-state index contributed by atoms with van der Waals surface area (Å²) in [5.74, 6) is 0. The van der Waals surface area contributed by atoms with E-state index < -0.39 is 0 Å². The van der Waals surface area contributed by atoms with Crippen LogP contribution in [-0.2, 0) is 0 Å². The smallest absolute Gasteiger partial charge is 0.0308 e. The molecule has 0 amide bonds. The molecule has 1 aliphatic carbocycles. The summed E-state index contributed by atoms with van der Waals surface area (Å²) in [6.07, 6.45) is 6.45. The molecule has 1 saturated carbocycles.